The number of piperidine rings is 1. The quantitative estimate of drug-likeness (QED) is 0.533. The number of carbonyl (C=O) groups is 1. The number of sulfonamides is 1. The SMILES string of the molecule is NS(=O)(=O)c1cc(C(=O)c2ccc(N3CCC(Cc4ccccc4)CC3)cc2)ccc1Cl. The third kappa shape index (κ3) is 5.21. The maximum Gasteiger partial charge on any atom is 0.239 e. The molecule has 0 unspecified atom stereocenters. The number of nitrogens with two attached hydrogens (primary N) is 1. The van der Waals surface area contributed by atoms with Gasteiger partial charge in [0.25, 0.3) is 0 Å². The Morgan fingerprint density at radius 1 is 0.938 bits per heavy atom. The molecule has 32 heavy (non-hydrogen) atoms. The van der Waals surface area contributed by atoms with Gasteiger partial charge in [0.05, 0.1) is 5.02 Å². The van der Waals surface area contributed by atoms with Crippen LogP contribution in [0.25, 0.3) is 0 Å². The van der Waals surface area contributed by atoms with Crippen LogP contribution in [0.3, 0.4) is 0 Å². The van der Waals surface area contributed by atoms with Crippen LogP contribution in [-0.4, -0.2) is 27.3 Å². The van der Waals surface area contributed by atoms with Gasteiger partial charge >= 0.3 is 0 Å². The number of carbonyl (C=O) groups excluding carboxylic acids is 1. The fraction of sp³-hybridized carbons (Fsp3) is 0.240. The Bertz CT molecular complexity index is 1200. The van der Waals surface area contributed by atoms with E-state index in [1.165, 1.54) is 23.8 Å². The van der Waals surface area contributed by atoms with Crippen LogP contribution in [0.5, 0.6) is 0 Å². The highest BCUT2D eigenvalue weighted by Crippen LogP contribution is 2.27. The maximum atomic E-state index is 12.8. The van der Waals surface area contributed by atoms with Gasteiger partial charge in [-0.05, 0) is 73.2 Å². The minimum absolute atomic E-state index is 0.00457. The molecule has 1 aliphatic rings. The van der Waals surface area contributed by atoms with Gasteiger partial charge in [-0.1, -0.05) is 41.9 Å². The van der Waals surface area contributed by atoms with Crippen LogP contribution in [0.15, 0.2) is 77.7 Å². The third-order valence-corrected chi connectivity index (χ3v) is 7.37. The largest absolute Gasteiger partial charge is 0.372 e. The van der Waals surface area contributed by atoms with E-state index in [2.05, 4.69) is 29.2 Å². The molecular weight excluding hydrogens is 444 g/mol. The molecule has 1 heterocycles. The molecule has 5 nitrogen and oxygen atoms in total. The van der Waals surface area contributed by atoms with Crippen LogP contribution in [0, 0.1) is 5.92 Å². The van der Waals surface area contributed by atoms with Gasteiger partial charge in [-0.3, -0.25) is 4.79 Å². The van der Waals surface area contributed by atoms with E-state index in [4.69, 9.17) is 16.7 Å². The monoisotopic (exact) mass is 468 g/mol. The van der Waals surface area contributed by atoms with Crippen LogP contribution >= 0.6 is 11.6 Å². The molecule has 0 bridgehead atoms. The molecule has 7 heteroatoms. The molecule has 0 amide bonds. The van der Waals surface area contributed by atoms with Gasteiger partial charge in [-0.2, -0.15) is 0 Å². The number of anilines is 1. The molecule has 1 saturated heterocycles. The van der Waals surface area contributed by atoms with Crippen molar-refractivity contribution in [1.82, 2.24) is 0 Å². The van der Waals surface area contributed by atoms with E-state index in [0.29, 0.717) is 11.5 Å². The number of primary sulfonamides is 1. The number of hydrogen-bond acceptors (Lipinski definition) is 4. The zero-order chi connectivity index (χ0) is 22.7. The summed E-state index contributed by atoms with van der Waals surface area (Å²) in [7, 11) is -4.01. The highest BCUT2D eigenvalue weighted by atomic mass is 35.5. The lowest BCUT2D eigenvalue weighted by molar-refractivity contribution is 0.103. The second kappa shape index (κ2) is 9.45. The summed E-state index contributed by atoms with van der Waals surface area (Å²) >= 11 is 5.92. The molecule has 3 aromatic carbocycles. The first kappa shape index (κ1) is 22.5. The average Bonchev–Trinajstić information content (AvgIpc) is 2.79. The Hall–Kier alpha value is -2.67. The number of hydrogen-bond donors (Lipinski definition) is 1. The highest BCUT2D eigenvalue weighted by Gasteiger charge is 2.21. The van der Waals surface area contributed by atoms with Crippen molar-refractivity contribution in [2.45, 2.75) is 24.2 Å². The normalized spacial score (nSPS) is 15.0. The van der Waals surface area contributed by atoms with Crippen molar-refractivity contribution in [1.29, 1.82) is 0 Å². The lowest BCUT2D eigenvalue weighted by atomic mass is 9.90. The highest BCUT2D eigenvalue weighted by molar-refractivity contribution is 7.89. The van der Waals surface area contributed by atoms with Gasteiger partial charge in [0, 0.05) is 29.9 Å². The van der Waals surface area contributed by atoms with E-state index in [9.17, 15) is 13.2 Å². The molecule has 0 aromatic heterocycles. The van der Waals surface area contributed by atoms with Gasteiger partial charge in [-0.25, -0.2) is 13.6 Å². The Morgan fingerprint density at radius 2 is 1.56 bits per heavy atom. The van der Waals surface area contributed by atoms with Gasteiger partial charge < -0.3 is 4.90 Å². The summed E-state index contributed by atoms with van der Waals surface area (Å²) in [4.78, 5) is 14.9. The predicted molar refractivity (Wildman–Crippen MR) is 128 cm³/mol. The summed E-state index contributed by atoms with van der Waals surface area (Å²) in [5.41, 5.74) is 3.19. The smallest absolute Gasteiger partial charge is 0.239 e. The van der Waals surface area contributed by atoms with Crippen LogP contribution in [0.4, 0.5) is 5.69 Å². The summed E-state index contributed by atoms with van der Waals surface area (Å²) in [5.74, 6) is 0.409. The van der Waals surface area contributed by atoms with E-state index in [0.717, 1.165) is 38.0 Å². The molecule has 2 N–H and O–H groups in total. The van der Waals surface area contributed by atoms with E-state index >= 15 is 0 Å². The molecule has 1 aliphatic heterocycles. The molecule has 3 aromatic rings. The lowest BCUT2D eigenvalue weighted by Crippen LogP contribution is -2.34. The van der Waals surface area contributed by atoms with Crippen molar-refractivity contribution < 1.29 is 13.2 Å². The predicted octanol–water partition coefficient (Wildman–Crippen LogP) is 4.68. The molecule has 4 rings (SSSR count). The number of rotatable bonds is 6. The first-order valence-electron chi connectivity index (χ1n) is 10.6. The zero-order valence-corrected chi connectivity index (χ0v) is 19.1. The molecule has 0 atom stereocenters. The van der Waals surface area contributed by atoms with Gasteiger partial charge in [-0.15, -0.1) is 0 Å². The molecule has 1 fully saturated rings. The summed E-state index contributed by atoms with van der Waals surface area (Å²) in [6, 6.07) is 22.2. The first-order valence-corrected chi connectivity index (χ1v) is 12.5. The minimum Gasteiger partial charge on any atom is -0.372 e. The van der Waals surface area contributed by atoms with Crippen LogP contribution < -0.4 is 10.0 Å². The van der Waals surface area contributed by atoms with Crippen molar-refractivity contribution in [2.75, 3.05) is 18.0 Å². The number of nitrogens with zero attached hydrogens (tertiary/aromatic N) is 1. The van der Waals surface area contributed by atoms with Gasteiger partial charge in [0.2, 0.25) is 10.0 Å². The van der Waals surface area contributed by atoms with Crippen molar-refractivity contribution in [2.24, 2.45) is 11.1 Å². The van der Waals surface area contributed by atoms with Crippen LogP contribution in [0.1, 0.15) is 34.3 Å². The lowest BCUT2D eigenvalue weighted by Gasteiger charge is -2.33. The molecule has 0 spiro atoms. The Kier molecular flexibility index (Phi) is 6.65. The van der Waals surface area contributed by atoms with Crippen LogP contribution in [0.2, 0.25) is 5.02 Å². The Balaban J connectivity index is 1.41. The molecule has 0 radical (unpaired) electrons. The summed E-state index contributed by atoms with van der Waals surface area (Å²) < 4.78 is 23.4. The molecule has 0 saturated carbocycles. The molecular formula is C25H25ClN2O3S. The summed E-state index contributed by atoms with van der Waals surface area (Å²) in [6.45, 7) is 1.97. The van der Waals surface area contributed by atoms with Crippen molar-refractivity contribution in [3.05, 3.63) is 94.5 Å². The molecule has 0 aliphatic carbocycles. The van der Waals surface area contributed by atoms with Crippen LogP contribution in [-0.2, 0) is 16.4 Å². The van der Waals surface area contributed by atoms with Crippen molar-refractivity contribution in [3.63, 3.8) is 0 Å². The second-order valence-corrected chi connectivity index (χ2v) is 10.1. The fourth-order valence-corrected chi connectivity index (χ4v) is 5.27. The zero-order valence-electron chi connectivity index (χ0n) is 17.6. The minimum atomic E-state index is -4.01. The standard InChI is InChI=1S/C25H25ClN2O3S/c26-23-11-8-21(17-24(23)32(27,30)31)25(29)20-6-9-22(10-7-20)28-14-12-19(13-15-28)16-18-4-2-1-3-5-18/h1-11,17,19H,12-16H2,(H2,27,30,31). The van der Waals surface area contributed by atoms with Gasteiger partial charge in [0.15, 0.2) is 5.78 Å². The van der Waals surface area contributed by atoms with E-state index in [-0.39, 0.29) is 21.3 Å². The van der Waals surface area contributed by atoms with Crippen molar-refractivity contribution in [3.8, 4) is 0 Å². The number of benzene rings is 3. The Labute approximate surface area is 193 Å². The number of halogens is 1. The second-order valence-electron chi connectivity index (χ2n) is 8.19. The Morgan fingerprint density at radius 3 is 2.19 bits per heavy atom. The maximum absolute atomic E-state index is 12.8. The van der Waals surface area contributed by atoms with E-state index < -0.39 is 10.0 Å². The van der Waals surface area contributed by atoms with Gasteiger partial charge in [0.1, 0.15) is 4.90 Å². The summed E-state index contributed by atoms with van der Waals surface area (Å²) in [5, 5.41) is 5.19. The average molecular weight is 469 g/mol. The fourth-order valence-electron chi connectivity index (χ4n) is 4.20. The topological polar surface area (TPSA) is 80.5 Å². The molecule has 166 valence electrons. The third-order valence-electron chi connectivity index (χ3n) is 5.98. The first-order chi connectivity index (χ1) is 15.3. The van der Waals surface area contributed by atoms with Crippen molar-refractivity contribution >= 4 is 33.1 Å². The van der Waals surface area contributed by atoms with E-state index in [1.54, 1.807) is 12.1 Å². The number of ketones is 1. The van der Waals surface area contributed by atoms with E-state index in [1.807, 2.05) is 18.2 Å². The summed E-state index contributed by atoms with van der Waals surface area (Å²) in [6.07, 6.45) is 3.39.